The Labute approximate surface area is 110 Å². The van der Waals surface area contributed by atoms with Crippen LogP contribution in [-0.4, -0.2) is 8.33 Å². The van der Waals surface area contributed by atoms with Gasteiger partial charge < -0.3 is 0 Å². The van der Waals surface area contributed by atoms with Crippen LogP contribution in [0.3, 0.4) is 0 Å². The molecule has 0 unspecified atom stereocenters. The van der Waals surface area contributed by atoms with Crippen LogP contribution in [0.15, 0.2) is 60.8 Å². The van der Waals surface area contributed by atoms with Crippen LogP contribution in [0.4, 0.5) is 0 Å². The summed E-state index contributed by atoms with van der Waals surface area (Å²) in [6.07, 6.45) is 0. The molecule has 0 radical (unpaired) electrons. The summed E-state index contributed by atoms with van der Waals surface area (Å²) in [5.41, 5.74) is 1.53. The van der Waals surface area contributed by atoms with Crippen molar-refractivity contribution in [2.45, 2.75) is 0 Å². The van der Waals surface area contributed by atoms with E-state index in [-0.39, 0.29) is 0 Å². The van der Waals surface area contributed by atoms with Gasteiger partial charge in [-0.2, -0.15) is 0 Å². The van der Waals surface area contributed by atoms with Gasteiger partial charge in [-0.15, -0.1) is 0 Å². The third-order valence-electron chi connectivity index (χ3n) is 3.21. The van der Waals surface area contributed by atoms with Crippen molar-refractivity contribution in [3.63, 3.8) is 0 Å². The molecule has 4 nitrogen and oxygen atoms in total. The molecule has 0 bridgehead atoms. The van der Waals surface area contributed by atoms with Gasteiger partial charge in [0, 0.05) is 0 Å². The van der Waals surface area contributed by atoms with E-state index >= 15 is 0 Å². The van der Waals surface area contributed by atoms with Gasteiger partial charge in [-0.1, -0.05) is 0 Å². The normalized spacial score (nSPS) is 21.6. The van der Waals surface area contributed by atoms with Crippen molar-refractivity contribution in [2.75, 3.05) is 0 Å². The van der Waals surface area contributed by atoms with E-state index in [1.54, 1.807) is 0 Å². The summed E-state index contributed by atoms with van der Waals surface area (Å²) in [7, 11) is -4.11. The van der Waals surface area contributed by atoms with Gasteiger partial charge in [-0.3, -0.25) is 0 Å². The minimum absolute atomic E-state index is 0.614. The first kappa shape index (κ1) is 10.5. The maximum atomic E-state index is 5.94. The molecule has 4 rings (SSSR count). The summed E-state index contributed by atoms with van der Waals surface area (Å²) in [4.78, 5) is 0. The molecule has 0 amide bonds. The fraction of sp³-hybridized carbons (Fsp3) is 0. The molecule has 2 aromatic rings. The Hall–Kier alpha value is -2.40. The van der Waals surface area contributed by atoms with E-state index in [0.29, 0.717) is 23.0 Å². The first-order valence-corrected chi connectivity index (χ1v) is 8.19. The first-order chi connectivity index (χ1) is 9.22. The van der Waals surface area contributed by atoms with Crippen LogP contribution in [0.25, 0.3) is 0 Å². The van der Waals surface area contributed by atoms with Crippen molar-refractivity contribution in [1.82, 2.24) is 0 Å². The molecule has 2 aliphatic rings. The van der Waals surface area contributed by atoms with Crippen LogP contribution < -0.4 is 17.7 Å². The average Bonchev–Trinajstić information content (AvgIpc) is 2.94. The Kier molecular flexibility index (Phi) is 1.73. The predicted molar refractivity (Wildman–Crippen MR) is 71.3 cm³/mol. The van der Waals surface area contributed by atoms with Crippen molar-refractivity contribution in [2.24, 2.45) is 0 Å². The van der Waals surface area contributed by atoms with E-state index < -0.39 is 8.33 Å². The zero-order valence-electron chi connectivity index (χ0n) is 10.0. The molecule has 5 heteroatoms. The quantitative estimate of drug-likeness (QED) is 0.747. The van der Waals surface area contributed by atoms with E-state index in [1.165, 1.54) is 5.70 Å². The van der Waals surface area contributed by atoms with Crippen molar-refractivity contribution < 1.29 is 17.7 Å². The zero-order chi connectivity index (χ0) is 12.9. The molecule has 2 aromatic carbocycles. The van der Waals surface area contributed by atoms with Crippen LogP contribution in [0.5, 0.6) is 23.0 Å². The van der Waals surface area contributed by atoms with Gasteiger partial charge in [-0.25, -0.2) is 0 Å². The molecule has 1 spiro atoms. The first-order valence-electron chi connectivity index (χ1n) is 5.98. The zero-order valence-corrected chi connectivity index (χ0v) is 11.0. The minimum atomic E-state index is -4.11. The maximum absolute atomic E-state index is 5.94. The number of para-hydroxylation sites is 4. The number of hydrogen-bond donors (Lipinski definition) is 0. The number of rotatable bonds is 1. The summed E-state index contributed by atoms with van der Waals surface area (Å²) in [6, 6.07) is 14.8. The van der Waals surface area contributed by atoms with Gasteiger partial charge in [0.25, 0.3) is 0 Å². The van der Waals surface area contributed by atoms with Crippen molar-refractivity contribution in [3.8, 4) is 23.0 Å². The van der Waals surface area contributed by atoms with Gasteiger partial charge in [0.2, 0.25) is 0 Å². The molecule has 2 aliphatic heterocycles. The number of fused-ring (bicyclic) bond motifs is 2. The van der Waals surface area contributed by atoms with Gasteiger partial charge >= 0.3 is 110 Å². The van der Waals surface area contributed by atoms with Gasteiger partial charge in [0.1, 0.15) is 0 Å². The van der Waals surface area contributed by atoms with E-state index in [4.69, 9.17) is 17.7 Å². The molecule has 0 fully saturated rings. The molecule has 2 heterocycles. The molecule has 0 N–H and O–H groups in total. The van der Waals surface area contributed by atoms with Crippen LogP contribution in [-0.2, 0) is 0 Å². The summed E-state index contributed by atoms with van der Waals surface area (Å²) in [5.74, 6) is 2.46. The third-order valence-corrected chi connectivity index (χ3v) is 6.22. The Morgan fingerprint density at radius 3 is 1.26 bits per heavy atom. The second-order valence-electron chi connectivity index (χ2n) is 4.48. The van der Waals surface area contributed by atoms with E-state index in [9.17, 15) is 0 Å². The van der Waals surface area contributed by atoms with Crippen LogP contribution in [0.2, 0.25) is 0 Å². The Morgan fingerprint density at radius 1 is 0.684 bits per heavy atom. The second-order valence-corrected chi connectivity index (χ2v) is 7.64. The Morgan fingerprint density at radius 2 is 1.00 bits per heavy atom. The third kappa shape index (κ3) is 1.27. The standard InChI is InChI=1S/C14H11O4Si/c1-2-19(15-11-7-3-4-8-12(11)16-19)17-13-9-5-6-10-14(13)18-19/h2-10H,1H2/q-1. The summed E-state index contributed by atoms with van der Waals surface area (Å²) in [5, 5.41) is 0. The summed E-state index contributed by atoms with van der Waals surface area (Å²) in [6.45, 7) is 3.80. The van der Waals surface area contributed by atoms with Crippen LogP contribution in [0, 0.1) is 0 Å². The predicted octanol–water partition coefficient (Wildman–Crippen LogP) is 3.04. The molecule has 0 aliphatic carbocycles. The summed E-state index contributed by atoms with van der Waals surface area (Å²) >= 11 is 0. The van der Waals surface area contributed by atoms with Crippen molar-refractivity contribution in [3.05, 3.63) is 60.8 Å². The van der Waals surface area contributed by atoms with Crippen molar-refractivity contribution >= 4 is 8.33 Å². The van der Waals surface area contributed by atoms with Gasteiger partial charge in [0.05, 0.1) is 0 Å². The van der Waals surface area contributed by atoms with Crippen LogP contribution in [0.1, 0.15) is 0 Å². The Balaban J connectivity index is 1.85. The molecule has 0 saturated carbocycles. The molecule has 19 heavy (non-hydrogen) atoms. The molecule has 0 saturated heterocycles. The van der Waals surface area contributed by atoms with E-state index in [1.807, 2.05) is 48.5 Å². The number of hydrogen-bond acceptors (Lipinski definition) is 4. The van der Waals surface area contributed by atoms with Crippen molar-refractivity contribution in [1.29, 1.82) is 0 Å². The topological polar surface area (TPSA) is 36.9 Å². The van der Waals surface area contributed by atoms with Gasteiger partial charge in [-0.05, 0) is 0 Å². The fourth-order valence-electron chi connectivity index (χ4n) is 2.32. The molecular weight excluding hydrogens is 260 g/mol. The van der Waals surface area contributed by atoms with E-state index in [0.717, 1.165) is 0 Å². The number of benzene rings is 2. The molecule has 0 atom stereocenters. The van der Waals surface area contributed by atoms with Gasteiger partial charge in [0.15, 0.2) is 0 Å². The SMILES string of the molecule is C=C[Si-]12(Oc3ccccc3O1)Oc1ccccc1O2. The molecule has 96 valence electrons. The van der Waals surface area contributed by atoms with Crippen LogP contribution >= 0.6 is 0 Å². The Bertz CT molecular complexity index is 584. The average molecular weight is 271 g/mol. The molecule has 0 aromatic heterocycles. The monoisotopic (exact) mass is 271 g/mol. The summed E-state index contributed by atoms with van der Waals surface area (Å²) < 4.78 is 23.8. The fourth-order valence-corrected chi connectivity index (χ4v) is 5.16. The second kappa shape index (κ2) is 3.13. The van der Waals surface area contributed by atoms with E-state index in [2.05, 4.69) is 6.58 Å². The molecular formula is C14H11O4Si-.